The van der Waals surface area contributed by atoms with Crippen LogP contribution in [-0.4, -0.2) is 30.9 Å². The van der Waals surface area contributed by atoms with Gasteiger partial charge in [-0.2, -0.15) is 0 Å². The van der Waals surface area contributed by atoms with Gasteiger partial charge in [-0.1, -0.05) is 46.0 Å². The highest BCUT2D eigenvalue weighted by Gasteiger charge is 2.26. The van der Waals surface area contributed by atoms with E-state index in [9.17, 15) is 4.79 Å². The van der Waals surface area contributed by atoms with E-state index in [1.807, 2.05) is 11.9 Å². The molecule has 1 saturated carbocycles. The molecule has 4 heteroatoms. The number of carbonyl (C=O) groups is 1. The van der Waals surface area contributed by atoms with Crippen molar-refractivity contribution < 1.29 is 4.79 Å². The standard InChI is InChI=1S/C15H30N2O.ClH/c1-15(2,11-16)12-17(3)14(18)13-9-7-5-4-6-8-10-13;/h13H,4-12,16H2,1-3H3;1H. The Morgan fingerprint density at radius 1 is 1.16 bits per heavy atom. The van der Waals surface area contributed by atoms with Crippen molar-refractivity contribution in [3.63, 3.8) is 0 Å². The first-order chi connectivity index (χ1) is 8.46. The molecule has 1 aliphatic carbocycles. The third kappa shape index (κ3) is 6.62. The molecule has 114 valence electrons. The van der Waals surface area contributed by atoms with Gasteiger partial charge in [-0.05, 0) is 24.8 Å². The van der Waals surface area contributed by atoms with E-state index in [1.54, 1.807) is 0 Å². The second kappa shape index (κ2) is 8.80. The molecule has 3 nitrogen and oxygen atoms in total. The van der Waals surface area contributed by atoms with Gasteiger partial charge in [0.1, 0.15) is 0 Å². The first kappa shape index (κ1) is 18.7. The molecule has 0 radical (unpaired) electrons. The van der Waals surface area contributed by atoms with Gasteiger partial charge in [0.05, 0.1) is 0 Å². The molecule has 0 spiro atoms. The third-order valence-electron chi connectivity index (χ3n) is 4.05. The SMILES string of the molecule is CN(CC(C)(C)CN)C(=O)C1CCCCCCC1.Cl. The molecule has 0 saturated heterocycles. The molecule has 0 atom stereocenters. The van der Waals surface area contributed by atoms with Gasteiger partial charge in [0.15, 0.2) is 0 Å². The Bertz CT molecular complexity index is 261. The molecule has 0 bridgehead atoms. The normalized spacial score (nSPS) is 18.1. The minimum absolute atomic E-state index is 0. The van der Waals surface area contributed by atoms with Gasteiger partial charge in [0.2, 0.25) is 5.91 Å². The Labute approximate surface area is 124 Å². The number of carbonyl (C=O) groups excluding carboxylic acids is 1. The molecular weight excluding hydrogens is 260 g/mol. The fourth-order valence-electron chi connectivity index (χ4n) is 2.80. The van der Waals surface area contributed by atoms with Crippen LogP contribution in [0.5, 0.6) is 0 Å². The highest BCUT2D eigenvalue weighted by Crippen LogP contribution is 2.25. The largest absolute Gasteiger partial charge is 0.345 e. The predicted molar refractivity (Wildman–Crippen MR) is 83.5 cm³/mol. The van der Waals surface area contributed by atoms with E-state index in [2.05, 4.69) is 13.8 Å². The van der Waals surface area contributed by atoms with E-state index >= 15 is 0 Å². The Balaban J connectivity index is 0.00000324. The van der Waals surface area contributed by atoms with Gasteiger partial charge in [-0.25, -0.2) is 0 Å². The molecule has 0 aromatic heterocycles. The molecule has 0 heterocycles. The van der Waals surface area contributed by atoms with E-state index in [4.69, 9.17) is 5.73 Å². The maximum Gasteiger partial charge on any atom is 0.225 e. The van der Waals surface area contributed by atoms with Crippen molar-refractivity contribution in [1.82, 2.24) is 4.90 Å². The van der Waals surface area contributed by atoms with Crippen molar-refractivity contribution in [3.05, 3.63) is 0 Å². The summed E-state index contributed by atoms with van der Waals surface area (Å²) in [7, 11) is 1.93. The number of rotatable bonds is 4. The van der Waals surface area contributed by atoms with E-state index in [1.165, 1.54) is 32.1 Å². The fraction of sp³-hybridized carbons (Fsp3) is 0.933. The summed E-state index contributed by atoms with van der Waals surface area (Å²) in [6, 6.07) is 0. The van der Waals surface area contributed by atoms with Crippen molar-refractivity contribution in [2.75, 3.05) is 20.1 Å². The molecule has 19 heavy (non-hydrogen) atoms. The first-order valence-corrected chi connectivity index (χ1v) is 7.41. The van der Waals surface area contributed by atoms with Crippen molar-refractivity contribution in [2.24, 2.45) is 17.1 Å². The molecule has 1 fully saturated rings. The van der Waals surface area contributed by atoms with Crippen LogP contribution in [0.3, 0.4) is 0 Å². The van der Waals surface area contributed by atoms with Crippen LogP contribution in [-0.2, 0) is 4.79 Å². The average molecular weight is 291 g/mol. The van der Waals surface area contributed by atoms with Crippen LogP contribution in [0.1, 0.15) is 58.8 Å². The Morgan fingerprint density at radius 2 is 1.63 bits per heavy atom. The number of amides is 1. The molecule has 1 aliphatic rings. The summed E-state index contributed by atoms with van der Waals surface area (Å²) in [4.78, 5) is 14.3. The lowest BCUT2D eigenvalue weighted by atomic mass is 9.88. The van der Waals surface area contributed by atoms with Crippen LogP contribution in [0.4, 0.5) is 0 Å². The van der Waals surface area contributed by atoms with Gasteiger partial charge in [-0.15, -0.1) is 12.4 Å². The zero-order valence-corrected chi connectivity index (χ0v) is 13.6. The van der Waals surface area contributed by atoms with E-state index in [-0.39, 0.29) is 23.7 Å². The average Bonchev–Trinajstić information content (AvgIpc) is 2.27. The molecule has 0 aromatic rings. The number of hydrogen-bond donors (Lipinski definition) is 1. The van der Waals surface area contributed by atoms with E-state index < -0.39 is 0 Å². The number of hydrogen-bond acceptors (Lipinski definition) is 2. The molecule has 1 rings (SSSR count). The summed E-state index contributed by atoms with van der Waals surface area (Å²) in [5, 5.41) is 0. The second-order valence-corrected chi connectivity index (χ2v) is 6.60. The molecular formula is C15H31ClN2O. The predicted octanol–water partition coefficient (Wildman–Crippen LogP) is 3.21. The zero-order valence-electron chi connectivity index (χ0n) is 12.8. The van der Waals surface area contributed by atoms with Crippen molar-refractivity contribution in [3.8, 4) is 0 Å². The topological polar surface area (TPSA) is 46.3 Å². The molecule has 2 N–H and O–H groups in total. The highest BCUT2D eigenvalue weighted by atomic mass is 35.5. The Hall–Kier alpha value is -0.280. The van der Waals surface area contributed by atoms with Crippen molar-refractivity contribution in [2.45, 2.75) is 58.8 Å². The second-order valence-electron chi connectivity index (χ2n) is 6.60. The van der Waals surface area contributed by atoms with E-state index in [0.717, 1.165) is 19.4 Å². The van der Waals surface area contributed by atoms with Crippen LogP contribution < -0.4 is 5.73 Å². The first-order valence-electron chi connectivity index (χ1n) is 7.41. The van der Waals surface area contributed by atoms with Gasteiger partial charge < -0.3 is 10.6 Å². The van der Waals surface area contributed by atoms with Gasteiger partial charge >= 0.3 is 0 Å². The van der Waals surface area contributed by atoms with Crippen LogP contribution in [0.25, 0.3) is 0 Å². The minimum atomic E-state index is 0. The summed E-state index contributed by atoms with van der Waals surface area (Å²) < 4.78 is 0. The maximum atomic E-state index is 12.4. The van der Waals surface area contributed by atoms with Gasteiger partial charge in [0, 0.05) is 19.5 Å². The summed E-state index contributed by atoms with van der Waals surface area (Å²) in [5.41, 5.74) is 5.76. The molecule has 1 amide bonds. The Kier molecular flexibility index (Phi) is 8.67. The number of halogens is 1. The number of nitrogens with zero attached hydrogens (tertiary/aromatic N) is 1. The van der Waals surface area contributed by atoms with Gasteiger partial charge in [-0.3, -0.25) is 4.79 Å². The summed E-state index contributed by atoms with van der Waals surface area (Å²) in [6.07, 6.45) is 8.51. The summed E-state index contributed by atoms with van der Waals surface area (Å²) >= 11 is 0. The zero-order chi connectivity index (χ0) is 13.6. The quantitative estimate of drug-likeness (QED) is 0.864. The highest BCUT2D eigenvalue weighted by molar-refractivity contribution is 5.85. The van der Waals surface area contributed by atoms with Crippen LogP contribution in [0.2, 0.25) is 0 Å². The maximum absolute atomic E-state index is 12.4. The summed E-state index contributed by atoms with van der Waals surface area (Å²) in [6.45, 7) is 5.62. The Morgan fingerprint density at radius 3 is 2.11 bits per heavy atom. The van der Waals surface area contributed by atoms with Crippen molar-refractivity contribution in [1.29, 1.82) is 0 Å². The minimum Gasteiger partial charge on any atom is -0.345 e. The molecule has 0 aromatic carbocycles. The lowest BCUT2D eigenvalue weighted by Crippen LogP contribution is -2.42. The lowest BCUT2D eigenvalue weighted by molar-refractivity contribution is -0.136. The van der Waals surface area contributed by atoms with Crippen LogP contribution in [0.15, 0.2) is 0 Å². The van der Waals surface area contributed by atoms with Crippen molar-refractivity contribution >= 4 is 18.3 Å². The lowest BCUT2D eigenvalue weighted by Gasteiger charge is -2.32. The number of nitrogens with two attached hydrogens (primary N) is 1. The van der Waals surface area contributed by atoms with Crippen LogP contribution in [0, 0.1) is 11.3 Å². The third-order valence-corrected chi connectivity index (χ3v) is 4.05. The molecule has 0 aliphatic heterocycles. The van der Waals surface area contributed by atoms with Gasteiger partial charge in [0.25, 0.3) is 0 Å². The fourth-order valence-corrected chi connectivity index (χ4v) is 2.80. The molecule has 0 unspecified atom stereocenters. The monoisotopic (exact) mass is 290 g/mol. The van der Waals surface area contributed by atoms with E-state index in [0.29, 0.717) is 12.5 Å². The smallest absolute Gasteiger partial charge is 0.225 e. The van der Waals surface area contributed by atoms with Crippen LogP contribution >= 0.6 is 12.4 Å². The summed E-state index contributed by atoms with van der Waals surface area (Å²) in [5.74, 6) is 0.585.